The maximum Gasteiger partial charge on any atom is 0.317 e. The lowest BCUT2D eigenvalue weighted by atomic mass is 10.2. The molecule has 1 aliphatic heterocycles. The fourth-order valence-corrected chi connectivity index (χ4v) is 1.89. The van der Waals surface area contributed by atoms with Crippen LogP contribution in [-0.4, -0.2) is 73.1 Å². The van der Waals surface area contributed by atoms with E-state index in [1.807, 2.05) is 23.9 Å². The molecule has 0 aromatic heterocycles. The van der Waals surface area contributed by atoms with E-state index in [2.05, 4.69) is 5.32 Å². The summed E-state index contributed by atoms with van der Waals surface area (Å²) in [4.78, 5) is 25.7. The zero-order chi connectivity index (χ0) is 12.8. The summed E-state index contributed by atoms with van der Waals surface area (Å²) in [5.41, 5.74) is 0. The normalized spacial score (nSPS) is 20.0. The lowest BCUT2D eigenvalue weighted by molar-refractivity contribution is -0.138. The molecule has 0 aromatic carbocycles. The highest BCUT2D eigenvalue weighted by Gasteiger charge is 2.23. The second-order valence-electron chi connectivity index (χ2n) is 4.74. The summed E-state index contributed by atoms with van der Waals surface area (Å²) in [5.74, 6) is -0.758. The van der Waals surface area contributed by atoms with E-state index in [4.69, 9.17) is 5.11 Å². The van der Waals surface area contributed by atoms with Crippen molar-refractivity contribution in [2.45, 2.75) is 18.9 Å². The molecule has 6 nitrogen and oxygen atoms in total. The van der Waals surface area contributed by atoms with E-state index in [0.29, 0.717) is 19.5 Å². The van der Waals surface area contributed by atoms with Gasteiger partial charge in [0, 0.05) is 32.1 Å². The van der Waals surface area contributed by atoms with Crippen LogP contribution in [0.25, 0.3) is 0 Å². The van der Waals surface area contributed by atoms with Crippen LogP contribution in [0.3, 0.4) is 0 Å². The van der Waals surface area contributed by atoms with Gasteiger partial charge in [0.1, 0.15) is 0 Å². The van der Waals surface area contributed by atoms with Gasteiger partial charge in [-0.2, -0.15) is 0 Å². The Balaban J connectivity index is 2.39. The third kappa shape index (κ3) is 5.65. The Kier molecular flexibility index (Phi) is 5.37. The molecule has 1 unspecified atom stereocenters. The van der Waals surface area contributed by atoms with Crippen LogP contribution >= 0.6 is 0 Å². The van der Waals surface area contributed by atoms with Gasteiger partial charge in [0.15, 0.2) is 0 Å². The van der Waals surface area contributed by atoms with Crippen molar-refractivity contribution in [2.24, 2.45) is 0 Å². The monoisotopic (exact) mass is 243 g/mol. The molecule has 1 amide bonds. The molecule has 1 saturated heterocycles. The van der Waals surface area contributed by atoms with Gasteiger partial charge in [-0.15, -0.1) is 0 Å². The molecule has 2 N–H and O–H groups in total. The molecule has 1 aliphatic rings. The van der Waals surface area contributed by atoms with Crippen LogP contribution in [-0.2, 0) is 9.59 Å². The van der Waals surface area contributed by atoms with Crippen molar-refractivity contribution >= 4 is 11.9 Å². The molecule has 1 atom stereocenters. The smallest absolute Gasteiger partial charge is 0.317 e. The predicted octanol–water partition coefficient (Wildman–Crippen LogP) is -0.787. The molecular weight excluding hydrogens is 222 g/mol. The number of nitrogens with one attached hydrogen (secondary N) is 1. The van der Waals surface area contributed by atoms with E-state index in [1.54, 1.807) is 0 Å². The third-order valence-electron chi connectivity index (χ3n) is 2.79. The van der Waals surface area contributed by atoms with Gasteiger partial charge in [0.05, 0.1) is 6.54 Å². The van der Waals surface area contributed by atoms with Crippen molar-refractivity contribution < 1.29 is 14.7 Å². The predicted molar refractivity (Wildman–Crippen MR) is 63.8 cm³/mol. The number of likely N-dealkylation sites (N-methyl/N-ethyl adjacent to an activating group) is 1. The lowest BCUT2D eigenvalue weighted by Crippen LogP contribution is -2.43. The summed E-state index contributed by atoms with van der Waals surface area (Å²) in [5, 5.41) is 11.7. The van der Waals surface area contributed by atoms with Crippen molar-refractivity contribution in [1.29, 1.82) is 0 Å². The van der Waals surface area contributed by atoms with Crippen LogP contribution in [0.5, 0.6) is 0 Å². The highest BCUT2D eigenvalue weighted by molar-refractivity contribution is 5.78. The average molecular weight is 243 g/mol. The molecule has 1 fully saturated rings. The first-order valence-electron chi connectivity index (χ1n) is 5.85. The van der Waals surface area contributed by atoms with E-state index in [-0.39, 0.29) is 18.5 Å². The Hall–Kier alpha value is -1.14. The lowest BCUT2D eigenvalue weighted by Gasteiger charge is -2.25. The molecule has 6 heteroatoms. The summed E-state index contributed by atoms with van der Waals surface area (Å²) in [6.07, 6.45) is 1.36. The summed E-state index contributed by atoms with van der Waals surface area (Å²) in [6.45, 7) is 2.16. The molecule has 0 aromatic rings. The molecule has 17 heavy (non-hydrogen) atoms. The Bertz CT molecular complexity index is 281. The van der Waals surface area contributed by atoms with E-state index in [9.17, 15) is 9.59 Å². The molecule has 1 rings (SSSR count). The average Bonchev–Trinajstić information content (AvgIpc) is 2.59. The maximum absolute atomic E-state index is 11.1. The Morgan fingerprint density at radius 3 is 2.65 bits per heavy atom. The molecular formula is C11H21N3O3. The number of carbonyl (C=O) groups excluding carboxylic acids is 1. The summed E-state index contributed by atoms with van der Waals surface area (Å²) < 4.78 is 0. The van der Waals surface area contributed by atoms with Crippen molar-refractivity contribution in [2.75, 3.05) is 40.3 Å². The minimum absolute atomic E-state index is 0.0280. The maximum atomic E-state index is 11.1. The van der Waals surface area contributed by atoms with Crippen molar-refractivity contribution in [3.63, 3.8) is 0 Å². The zero-order valence-electron chi connectivity index (χ0n) is 10.5. The number of carboxylic acids is 1. The summed E-state index contributed by atoms with van der Waals surface area (Å²) >= 11 is 0. The van der Waals surface area contributed by atoms with Crippen LogP contribution in [0.1, 0.15) is 12.8 Å². The van der Waals surface area contributed by atoms with Gasteiger partial charge in [0.25, 0.3) is 0 Å². The molecule has 0 aliphatic carbocycles. The van der Waals surface area contributed by atoms with Crippen LogP contribution in [0.4, 0.5) is 0 Å². The number of nitrogens with zero attached hydrogens (tertiary/aromatic N) is 2. The van der Waals surface area contributed by atoms with Crippen molar-refractivity contribution in [3.8, 4) is 0 Å². The summed E-state index contributed by atoms with van der Waals surface area (Å²) in [7, 11) is 3.91. The fraction of sp³-hybridized carbons (Fsp3) is 0.818. The quantitative estimate of drug-likeness (QED) is 0.613. The molecule has 0 saturated carbocycles. The SMILES string of the molecule is CN(C)CCN(CC(=O)O)CC1CCC(=O)N1. The largest absolute Gasteiger partial charge is 0.480 e. The van der Waals surface area contributed by atoms with Gasteiger partial charge in [-0.3, -0.25) is 14.5 Å². The Labute approximate surface area is 102 Å². The molecule has 0 radical (unpaired) electrons. The highest BCUT2D eigenvalue weighted by Crippen LogP contribution is 2.08. The van der Waals surface area contributed by atoms with Crippen molar-refractivity contribution in [1.82, 2.24) is 15.1 Å². The molecule has 0 spiro atoms. The van der Waals surface area contributed by atoms with E-state index >= 15 is 0 Å². The molecule has 1 heterocycles. The Morgan fingerprint density at radius 1 is 1.47 bits per heavy atom. The number of hydrogen-bond donors (Lipinski definition) is 2. The van der Waals surface area contributed by atoms with Gasteiger partial charge >= 0.3 is 5.97 Å². The highest BCUT2D eigenvalue weighted by atomic mass is 16.4. The molecule has 0 bridgehead atoms. The van der Waals surface area contributed by atoms with Crippen LogP contribution in [0.15, 0.2) is 0 Å². The minimum atomic E-state index is -0.826. The third-order valence-corrected chi connectivity index (χ3v) is 2.79. The van der Waals surface area contributed by atoms with Gasteiger partial charge in [-0.1, -0.05) is 0 Å². The first-order valence-corrected chi connectivity index (χ1v) is 5.85. The fourth-order valence-electron chi connectivity index (χ4n) is 1.89. The number of hydrogen-bond acceptors (Lipinski definition) is 4. The topological polar surface area (TPSA) is 72.9 Å². The van der Waals surface area contributed by atoms with E-state index in [0.717, 1.165) is 13.0 Å². The van der Waals surface area contributed by atoms with E-state index in [1.165, 1.54) is 0 Å². The minimum Gasteiger partial charge on any atom is -0.480 e. The number of rotatable bonds is 7. The zero-order valence-corrected chi connectivity index (χ0v) is 10.5. The van der Waals surface area contributed by atoms with Crippen molar-refractivity contribution in [3.05, 3.63) is 0 Å². The van der Waals surface area contributed by atoms with Crippen LogP contribution in [0, 0.1) is 0 Å². The number of carbonyl (C=O) groups is 2. The summed E-state index contributed by atoms with van der Waals surface area (Å²) in [6, 6.07) is 0.101. The van der Waals surface area contributed by atoms with Gasteiger partial charge in [0.2, 0.25) is 5.91 Å². The van der Waals surface area contributed by atoms with Gasteiger partial charge < -0.3 is 15.3 Å². The number of carboxylic acid groups (broad SMARTS) is 1. The van der Waals surface area contributed by atoms with E-state index < -0.39 is 5.97 Å². The standard InChI is InChI=1S/C11H21N3O3/c1-13(2)5-6-14(8-11(16)17)7-9-3-4-10(15)12-9/h9H,3-8H2,1-2H3,(H,12,15)(H,16,17). The second kappa shape index (κ2) is 6.56. The van der Waals surface area contributed by atoms with Crippen LogP contribution < -0.4 is 5.32 Å². The molecule has 98 valence electrons. The first kappa shape index (κ1) is 13.9. The Morgan fingerprint density at radius 2 is 2.18 bits per heavy atom. The van der Waals surface area contributed by atoms with Gasteiger partial charge in [-0.25, -0.2) is 0 Å². The van der Waals surface area contributed by atoms with Crippen LogP contribution in [0.2, 0.25) is 0 Å². The second-order valence-corrected chi connectivity index (χ2v) is 4.74. The van der Waals surface area contributed by atoms with Gasteiger partial charge in [-0.05, 0) is 20.5 Å². The first-order chi connectivity index (χ1) is 7.97. The number of amides is 1. The number of aliphatic carboxylic acids is 1.